The van der Waals surface area contributed by atoms with Gasteiger partial charge >= 0.3 is 5.69 Å². The van der Waals surface area contributed by atoms with Crippen molar-refractivity contribution >= 4 is 28.9 Å². The molecule has 0 spiro atoms. The highest BCUT2D eigenvalue weighted by atomic mass is 35.5. The molecular weight excluding hydrogens is 265 g/mol. The molecule has 1 aromatic heterocycles. The molecule has 0 N–H and O–H groups in total. The summed E-state index contributed by atoms with van der Waals surface area (Å²) in [4.78, 5) is 10.2. The molecular formula is C10H7Cl2N3O2. The third-order valence-electron chi connectivity index (χ3n) is 2.23. The van der Waals surface area contributed by atoms with Gasteiger partial charge in [0.2, 0.25) is 5.15 Å². The second-order valence-corrected chi connectivity index (χ2v) is 4.16. The van der Waals surface area contributed by atoms with Crippen LogP contribution in [-0.4, -0.2) is 14.7 Å². The molecule has 7 heteroatoms. The van der Waals surface area contributed by atoms with E-state index in [9.17, 15) is 10.1 Å². The Kier molecular flexibility index (Phi) is 3.04. The average Bonchev–Trinajstić information content (AvgIpc) is 2.55. The molecule has 0 fully saturated rings. The molecule has 5 nitrogen and oxygen atoms in total. The van der Waals surface area contributed by atoms with Crippen LogP contribution in [0.1, 0.15) is 5.69 Å². The summed E-state index contributed by atoms with van der Waals surface area (Å²) in [5, 5.41) is 15.4. The van der Waals surface area contributed by atoms with Crippen LogP contribution in [-0.2, 0) is 0 Å². The molecule has 0 aliphatic rings. The normalized spacial score (nSPS) is 10.5. The number of rotatable bonds is 2. The van der Waals surface area contributed by atoms with Crippen molar-refractivity contribution in [3.8, 4) is 5.69 Å². The van der Waals surface area contributed by atoms with E-state index in [0.717, 1.165) is 0 Å². The van der Waals surface area contributed by atoms with E-state index in [4.69, 9.17) is 23.2 Å². The lowest BCUT2D eigenvalue weighted by molar-refractivity contribution is -0.385. The predicted molar refractivity (Wildman–Crippen MR) is 65.0 cm³/mol. The molecule has 2 rings (SSSR count). The van der Waals surface area contributed by atoms with E-state index in [1.165, 1.54) is 11.6 Å². The van der Waals surface area contributed by atoms with Gasteiger partial charge in [0.1, 0.15) is 5.69 Å². The van der Waals surface area contributed by atoms with E-state index in [-0.39, 0.29) is 16.5 Å². The summed E-state index contributed by atoms with van der Waals surface area (Å²) in [5.74, 6) is 0. The summed E-state index contributed by atoms with van der Waals surface area (Å²) in [6.45, 7) is 1.54. The van der Waals surface area contributed by atoms with Crippen molar-refractivity contribution < 1.29 is 4.92 Å². The molecule has 0 aliphatic heterocycles. The molecule has 0 aliphatic carbocycles. The number of halogens is 2. The zero-order valence-corrected chi connectivity index (χ0v) is 10.2. The lowest BCUT2D eigenvalue weighted by Gasteiger charge is -2.01. The SMILES string of the molecule is Cc1nn(-c2ccc(Cl)cc2)c(Cl)c1[N+](=O)[O-]. The fourth-order valence-corrected chi connectivity index (χ4v) is 1.92. The Bertz CT molecular complexity index is 578. The Hall–Kier alpha value is -1.59. The van der Waals surface area contributed by atoms with Crippen molar-refractivity contribution in [2.45, 2.75) is 6.92 Å². The molecule has 0 saturated heterocycles. The first-order valence-electron chi connectivity index (χ1n) is 4.66. The van der Waals surface area contributed by atoms with Crippen molar-refractivity contribution in [2.24, 2.45) is 0 Å². The fourth-order valence-electron chi connectivity index (χ4n) is 1.45. The Labute approximate surface area is 107 Å². The van der Waals surface area contributed by atoms with Crippen molar-refractivity contribution in [1.82, 2.24) is 9.78 Å². The van der Waals surface area contributed by atoms with E-state index in [1.807, 2.05) is 0 Å². The highest BCUT2D eigenvalue weighted by Gasteiger charge is 2.24. The van der Waals surface area contributed by atoms with E-state index in [0.29, 0.717) is 10.7 Å². The summed E-state index contributed by atoms with van der Waals surface area (Å²) >= 11 is 11.7. The highest BCUT2D eigenvalue weighted by Crippen LogP contribution is 2.30. The lowest BCUT2D eigenvalue weighted by Crippen LogP contribution is -1.96. The van der Waals surface area contributed by atoms with Crippen LogP contribution in [0.5, 0.6) is 0 Å². The van der Waals surface area contributed by atoms with Gasteiger partial charge in [-0.3, -0.25) is 10.1 Å². The number of aryl methyl sites for hydroxylation is 1. The van der Waals surface area contributed by atoms with Crippen LogP contribution in [0.4, 0.5) is 5.69 Å². The van der Waals surface area contributed by atoms with Crippen LogP contribution in [0.15, 0.2) is 24.3 Å². The molecule has 88 valence electrons. The molecule has 0 bridgehead atoms. The Balaban J connectivity index is 2.57. The number of aromatic nitrogens is 2. The maximum atomic E-state index is 10.8. The van der Waals surface area contributed by atoms with Crippen molar-refractivity contribution in [1.29, 1.82) is 0 Å². The smallest absolute Gasteiger partial charge is 0.258 e. The Morgan fingerprint density at radius 3 is 2.35 bits per heavy atom. The van der Waals surface area contributed by atoms with Crippen LogP contribution in [0.3, 0.4) is 0 Å². The standard InChI is InChI=1S/C10H7Cl2N3O2/c1-6-9(15(16)17)10(12)14(13-6)8-4-2-7(11)3-5-8/h2-5H,1H3. The summed E-state index contributed by atoms with van der Waals surface area (Å²) in [6, 6.07) is 6.70. The minimum Gasteiger partial charge on any atom is -0.258 e. The van der Waals surface area contributed by atoms with Crippen molar-refractivity contribution in [2.75, 3.05) is 0 Å². The maximum Gasteiger partial charge on any atom is 0.329 e. The molecule has 17 heavy (non-hydrogen) atoms. The lowest BCUT2D eigenvalue weighted by atomic mass is 10.3. The van der Waals surface area contributed by atoms with E-state index >= 15 is 0 Å². The van der Waals surface area contributed by atoms with Crippen LogP contribution in [0, 0.1) is 17.0 Å². The van der Waals surface area contributed by atoms with Gasteiger partial charge in [-0.1, -0.05) is 23.2 Å². The number of hydrogen-bond acceptors (Lipinski definition) is 3. The van der Waals surface area contributed by atoms with Crippen LogP contribution in [0.25, 0.3) is 5.69 Å². The third-order valence-corrected chi connectivity index (χ3v) is 2.82. The van der Waals surface area contributed by atoms with E-state index in [2.05, 4.69) is 5.10 Å². The minimum atomic E-state index is -0.545. The molecule has 1 heterocycles. The van der Waals surface area contributed by atoms with Gasteiger partial charge in [-0.2, -0.15) is 5.10 Å². The minimum absolute atomic E-state index is 0.0187. The molecule has 0 radical (unpaired) electrons. The topological polar surface area (TPSA) is 61.0 Å². The predicted octanol–water partition coefficient (Wildman–Crippen LogP) is 3.40. The average molecular weight is 272 g/mol. The second-order valence-electron chi connectivity index (χ2n) is 3.37. The van der Waals surface area contributed by atoms with Crippen molar-refractivity contribution in [3.05, 3.63) is 50.2 Å². The van der Waals surface area contributed by atoms with Gasteiger partial charge in [-0.15, -0.1) is 0 Å². The Morgan fingerprint density at radius 2 is 1.88 bits per heavy atom. The second kappa shape index (κ2) is 4.35. The van der Waals surface area contributed by atoms with Crippen LogP contribution >= 0.6 is 23.2 Å². The summed E-state index contributed by atoms with van der Waals surface area (Å²) < 4.78 is 1.31. The largest absolute Gasteiger partial charge is 0.329 e. The van der Waals surface area contributed by atoms with Gasteiger partial charge in [0, 0.05) is 5.02 Å². The molecule has 0 amide bonds. The Morgan fingerprint density at radius 1 is 1.29 bits per heavy atom. The van der Waals surface area contributed by atoms with Gasteiger partial charge < -0.3 is 0 Å². The van der Waals surface area contributed by atoms with Gasteiger partial charge in [-0.05, 0) is 31.2 Å². The molecule has 2 aromatic rings. The number of hydrogen-bond donors (Lipinski definition) is 0. The quantitative estimate of drug-likeness (QED) is 0.621. The summed E-state index contributed by atoms with van der Waals surface area (Å²) in [7, 11) is 0. The molecule has 0 saturated carbocycles. The van der Waals surface area contributed by atoms with E-state index < -0.39 is 4.92 Å². The fraction of sp³-hybridized carbons (Fsp3) is 0.100. The van der Waals surface area contributed by atoms with Gasteiger partial charge in [-0.25, -0.2) is 4.68 Å². The first-order chi connectivity index (χ1) is 8.00. The maximum absolute atomic E-state index is 10.8. The summed E-state index contributed by atoms with van der Waals surface area (Å²) in [6.07, 6.45) is 0. The summed E-state index contributed by atoms with van der Waals surface area (Å²) in [5.41, 5.74) is 0.715. The van der Waals surface area contributed by atoms with E-state index in [1.54, 1.807) is 24.3 Å². The van der Waals surface area contributed by atoms with Gasteiger partial charge in [0.05, 0.1) is 10.6 Å². The molecule has 1 aromatic carbocycles. The third kappa shape index (κ3) is 2.11. The number of nitrogens with zero attached hydrogens (tertiary/aromatic N) is 3. The monoisotopic (exact) mass is 271 g/mol. The zero-order valence-electron chi connectivity index (χ0n) is 8.72. The number of benzene rings is 1. The highest BCUT2D eigenvalue weighted by molar-refractivity contribution is 6.32. The van der Waals surface area contributed by atoms with Crippen LogP contribution < -0.4 is 0 Å². The van der Waals surface area contributed by atoms with Gasteiger partial charge in [0.25, 0.3) is 0 Å². The first-order valence-corrected chi connectivity index (χ1v) is 5.41. The first kappa shape index (κ1) is 11.9. The molecule has 0 atom stereocenters. The van der Waals surface area contributed by atoms with Gasteiger partial charge in [0.15, 0.2) is 0 Å². The number of nitro groups is 1. The van der Waals surface area contributed by atoms with Crippen molar-refractivity contribution in [3.63, 3.8) is 0 Å². The zero-order chi connectivity index (χ0) is 12.6. The van der Waals surface area contributed by atoms with Crippen LogP contribution in [0.2, 0.25) is 10.2 Å². The molecule has 0 unspecified atom stereocenters.